The van der Waals surface area contributed by atoms with Crippen LogP contribution in [0.1, 0.15) is 0 Å². The third-order valence-electron chi connectivity index (χ3n) is 0.610. The van der Waals surface area contributed by atoms with Crippen molar-refractivity contribution < 1.29 is 9.16 Å². The average Bonchev–Trinajstić information content (AvgIpc) is 1.59. The second kappa shape index (κ2) is 3.22. The summed E-state index contributed by atoms with van der Waals surface area (Å²) in [5.41, 5.74) is 0. The summed E-state index contributed by atoms with van der Waals surface area (Å²) >= 11 is 0. The average molecular weight is 134 g/mol. The van der Waals surface area contributed by atoms with Crippen LogP contribution in [0.3, 0.4) is 0 Å². The van der Waals surface area contributed by atoms with Crippen molar-refractivity contribution in [1.82, 2.24) is 0 Å². The van der Waals surface area contributed by atoms with E-state index in [1.54, 1.807) is 7.11 Å². The molecule has 0 aromatic carbocycles. The summed E-state index contributed by atoms with van der Waals surface area (Å²) in [7, 11) is 0.336. The van der Waals surface area contributed by atoms with Gasteiger partial charge in [0.15, 0.2) is 8.32 Å². The molecule has 50 valence electrons. The van der Waals surface area contributed by atoms with Gasteiger partial charge in [-0.15, -0.1) is 0 Å². The summed E-state index contributed by atoms with van der Waals surface area (Å²) < 4.78 is 10.0. The standard InChI is InChI=1S/C5H14O2Si/c1-6-5-7-8(2,3)4/h5H2,1-4H3. The van der Waals surface area contributed by atoms with E-state index in [0.717, 1.165) is 0 Å². The van der Waals surface area contributed by atoms with Crippen molar-refractivity contribution in [2.45, 2.75) is 19.6 Å². The van der Waals surface area contributed by atoms with Crippen LogP contribution in [0.25, 0.3) is 0 Å². The van der Waals surface area contributed by atoms with Gasteiger partial charge in [-0.05, 0) is 19.6 Å². The number of methoxy groups -OCH3 is 1. The molecule has 0 heterocycles. The van der Waals surface area contributed by atoms with Crippen LogP contribution in [0.4, 0.5) is 0 Å². The van der Waals surface area contributed by atoms with Crippen molar-refractivity contribution in [2.75, 3.05) is 13.9 Å². The molecule has 0 N–H and O–H groups in total. The van der Waals surface area contributed by atoms with Crippen LogP contribution < -0.4 is 0 Å². The van der Waals surface area contributed by atoms with Gasteiger partial charge in [-0.25, -0.2) is 0 Å². The molecular weight excluding hydrogens is 120 g/mol. The zero-order valence-corrected chi connectivity index (χ0v) is 7.02. The molecule has 3 heteroatoms. The van der Waals surface area contributed by atoms with Crippen LogP contribution in [0.5, 0.6) is 0 Å². The molecule has 2 nitrogen and oxygen atoms in total. The lowest BCUT2D eigenvalue weighted by Crippen LogP contribution is -2.26. The topological polar surface area (TPSA) is 18.5 Å². The Hall–Kier alpha value is 0.137. The van der Waals surface area contributed by atoms with Crippen LogP contribution >= 0.6 is 0 Å². The lowest BCUT2D eigenvalue weighted by Gasteiger charge is -2.15. The molecule has 0 aliphatic carbocycles. The number of rotatable bonds is 3. The molecule has 0 spiro atoms. The third-order valence-corrected chi connectivity index (χ3v) is 1.59. The third kappa shape index (κ3) is 6.14. The molecule has 8 heavy (non-hydrogen) atoms. The summed E-state index contributed by atoms with van der Waals surface area (Å²) in [6.07, 6.45) is 0. The minimum Gasteiger partial charge on any atom is -0.395 e. The Morgan fingerprint density at radius 2 is 1.75 bits per heavy atom. The minimum atomic E-state index is -1.30. The molecule has 0 amide bonds. The first-order chi connectivity index (χ1) is 3.56. The molecule has 0 aliphatic rings. The van der Waals surface area contributed by atoms with Gasteiger partial charge >= 0.3 is 0 Å². The highest BCUT2D eigenvalue weighted by Gasteiger charge is 2.12. The fraction of sp³-hybridized carbons (Fsp3) is 1.00. The van der Waals surface area contributed by atoms with Crippen LogP contribution in [-0.4, -0.2) is 22.2 Å². The fourth-order valence-electron chi connectivity index (χ4n) is 0.236. The molecule has 0 saturated carbocycles. The highest BCUT2D eigenvalue weighted by Crippen LogP contribution is 2.00. The first-order valence-corrected chi connectivity index (χ1v) is 6.10. The summed E-state index contributed by atoms with van der Waals surface area (Å²) in [5, 5.41) is 0. The van der Waals surface area contributed by atoms with Crippen molar-refractivity contribution in [3.05, 3.63) is 0 Å². The van der Waals surface area contributed by atoms with Gasteiger partial charge in [0.05, 0.1) is 0 Å². The maximum absolute atomic E-state index is 5.30. The Labute approximate surface area is 51.9 Å². The fourth-order valence-corrected chi connectivity index (χ4v) is 0.707. The predicted molar refractivity (Wildman–Crippen MR) is 36.3 cm³/mol. The second-order valence-electron chi connectivity index (χ2n) is 2.66. The van der Waals surface area contributed by atoms with Gasteiger partial charge in [-0.3, -0.25) is 0 Å². The van der Waals surface area contributed by atoms with Gasteiger partial charge in [0, 0.05) is 7.11 Å². The number of hydrogen-bond acceptors (Lipinski definition) is 2. The van der Waals surface area contributed by atoms with Gasteiger partial charge in [-0.1, -0.05) is 0 Å². The predicted octanol–water partition coefficient (Wildman–Crippen LogP) is 1.44. The van der Waals surface area contributed by atoms with Crippen molar-refractivity contribution >= 4 is 8.32 Å². The van der Waals surface area contributed by atoms with Gasteiger partial charge in [0.1, 0.15) is 6.79 Å². The van der Waals surface area contributed by atoms with Crippen molar-refractivity contribution in [2.24, 2.45) is 0 Å². The van der Waals surface area contributed by atoms with Crippen molar-refractivity contribution in [3.63, 3.8) is 0 Å². The van der Waals surface area contributed by atoms with Gasteiger partial charge in [0.2, 0.25) is 0 Å². The largest absolute Gasteiger partial charge is 0.395 e. The van der Waals surface area contributed by atoms with E-state index < -0.39 is 8.32 Å². The lowest BCUT2D eigenvalue weighted by molar-refractivity contribution is 0.0458. The molecule has 0 radical (unpaired) electrons. The smallest absolute Gasteiger partial charge is 0.186 e. The molecular formula is C5H14O2Si. The molecule has 0 fully saturated rings. The maximum atomic E-state index is 5.30. The minimum absolute atomic E-state index is 0.440. The molecule has 0 aromatic heterocycles. The zero-order valence-electron chi connectivity index (χ0n) is 6.02. The molecule has 0 atom stereocenters. The summed E-state index contributed by atoms with van der Waals surface area (Å²) in [4.78, 5) is 0. The van der Waals surface area contributed by atoms with Gasteiger partial charge < -0.3 is 9.16 Å². The quantitative estimate of drug-likeness (QED) is 0.429. The Bertz CT molecular complexity index is 57.9. The zero-order chi connectivity index (χ0) is 6.62. The van der Waals surface area contributed by atoms with Crippen LogP contribution in [0.15, 0.2) is 0 Å². The van der Waals surface area contributed by atoms with E-state index in [2.05, 4.69) is 19.6 Å². The van der Waals surface area contributed by atoms with E-state index in [9.17, 15) is 0 Å². The second-order valence-corrected chi connectivity index (χ2v) is 7.18. The van der Waals surface area contributed by atoms with E-state index in [1.807, 2.05) is 0 Å². The SMILES string of the molecule is COCO[Si](C)(C)C. The van der Waals surface area contributed by atoms with E-state index in [0.29, 0.717) is 6.79 Å². The van der Waals surface area contributed by atoms with Crippen molar-refractivity contribution in [3.8, 4) is 0 Å². The molecule has 0 rings (SSSR count). The number of ether oxygens (including phenoxy) is 1. The van der Waals surface area contributed by atoms with Crippen LogP contribution in [0, 0.1) is 0 Å². The van der Waals surface area contributed by atoms with Gasteiger partial charge in [0.25, 0.3) is 0 Å². The Morgan fingerprint density at radius 3 is 1.88 bits per heavy atom. The molecule has 0 aliphatic heterocycles. The Kier molecular flexibility index (Phi) is 3.27. The summed E-state index contributed by atoms with van der Waals surface area (Å²) in [5.74, 6) is 0. The van der Waals surface area contributed by atoms with Gasteiger partial charge in [-0.2, -0.15) is 0 Å². The highest BCUT2D eigenvalue weighted by molar-refractivity contribution is 6.69. The van der Waals surface area contributed by atoms with E-state index in [4.69, 9.17) is 9.16 Å². The normalized spacial score (nSPS) is 12.0. The molecule has 0 bridgehead atoms. The monoisotopic (exact) mass is 134 g/mol. The lowest BCUT2D eigenvalue weighted by atomic mass is 11.4. The Morgan fingerprint density at radius 1 is 1.25 bits per heavy atom. The van der Waals surface area contributed by atoms with E-state index in [1.165, 1.54) is 0 Å². The Balaban J connectivity index is 3.11. The van der Waals surface area contributed by atoms with Crippen LogP contribution in [-0.2, 0) is 9.16 Å². The van der Waals surface area contributed by atoms with E-state index in [-0.39, 0.29) is 0 Å². The van der Waals surface area contributed by atoms with Crippen molar-refractivity contribution in [1.29, 1.82) is 0 Å². The molecule has 0 aromatic rings. The molecule has 0 saturated heterocycles. The maximum Gasteiger partial charge on any atom is 0.186 e. The first-order valence-electron chi connectivity index (χ1n) is 2.69. The first kappa shape index (κ1) is 8.14. The number of hydrogen-bond donors (Lipinski definition) is 0. The highest BCUT2D eigenvalue weighted by atomic mass is 28.4. The molecule has 0 unspecified atom stereocenters. The van der Waals surface area contributed by atoms with E-state index >= 15 is 0 Å². The van der Waals surface area contributed by atoms with Crippen LogP contribution in [0.2, 0.25) is 19.6 Å². The summed E-state index contributed by atoms with van der Waals surface area (Å²) in [6.45, 7) is 6.83. The summed E-state index contributed by atoms with van der Waals surface area (Å²) in [6, 6.07) is 0.